The van der Waals surface area contributed by atoms with Crippen molar-refractivity contribution in [1.82, 2.24) is 19.8 Å². The molecule has 128 valence electrons. The molecule has 24 heavy (non-hydrogen) atoms. The number of carbonyl (C=O) groups excluding carboxylic acids is 1. The molecule has 0 aliphatic carbocycles. The highest BCUT2D eigenvalue weighted by Crippen LogP contribution is 2.26. The largest absolute Gasteiger partial charge is 0.336 e. The topological polar surface area (TPSA) is 49.3 Å². The number of nitrogens with zero attached hydrogens (tertiary/aromatic N) is 4. The SMILES string of the molecule is CC(C)(C)c1nc(CN2CCN(C(=O)c3cccnc3)CC2)cs1. The van der Waals surface area contributed by atoms with Crippen LogP contribution in [-0.2, 0) is 12.0 Å². The van der Waals surface area contributed by atoms with E-state index in [1.165, 1.54) is 5.01 Å². The predicted octanol–water partition coefficient (Wildman–Crippen LogP) is 2.79. The first-order valence-electron chi connectivity index (χ1n) is 8.30. The summed E-state index contributed by atoms with van der Waals surface area (Å²) in [6.45, 7) is 10.7. The van der Waals surface area contributed by atoms with Crippen LogP contribution in [0.2, 0.25) is 0 Å². The van der Waals surface area contributed by atoms with E-state index in [0.29, 0.717) is 5.56 Å². The van der Waals surface area contributed by atoms with Crippen LogP contribution in [-0.4, -0.2) is 51.9 Å². The Kier molecular flexibility index (Phi) is 4.96. The van der Waals surface area contributed by atoms with E-state index in [-0.39, 0.29) is 11.3 Å². The van der Waals surface area contributed by atoms with E-state index in [1.807, 2.05) is 11.0 Å². The number of aromatic nitrogens is 2. The first-order chi connectivity index (χ1) is 11.4. The summed E-state index contributed by atoms with van der Waals surface area (Å²) < 4.78 is 0. The Bertz CT molecular complexity index is 685. The fourth-order valence-electron chi connectivity index (χ4n) is 2.73. The first-order valence-corrected chi connectivity index (χ1v) is 9.18. The minimum Gasteiger partial charge on any atom is -0.336 e. The molecule has 1 saturated heterocycles. The standard InChI is InChI=1S/C18H24N4OS/c1-18(2,3)17-20-15(13-24-17)12-21-7-9-22(10-8-21)16(23)14-5-4-6-19-11-14/h4-6,11,13H,7-10,12H2,1-3H3. The van der Waals surface area contributed by atoms with Gasteiger partial charge in [-0.05, 0) is 12.1 Å². The van der Waals surface area contributed by atoms with Gasteiger partial charge in [-0.15, -0.1) is 11.3 Å². The monoisotopic (exact) mass is 344 g/mol. The molecule has 0 radical (unpaired) electrons. The summed E-state index contributed by atoms with van der Waals surface area (Å²) in [5.74, 6) is 0.0754. The zero-order chi connectivity index (χ0) is 17.2. The van der Waals surface area contributed by atoms with Crippen LogP contribution in [0.25, 0.3) is 0 Å². The summed E-state index contributed by atoms with van der Waals surface area (Å²) in [6, 6.07) is 3.63. The van der Waals surface area contributed by atoms with Gasteiger partial charge in [0.05, 0.1) is 16.3 Å². The Labute approximate surface area is 147 Å². The summed E-state index contributed by atoms with van der Waals surface area (Å²) >= 11 is 1.74. The highest BCUT2D eigenvalue weighted by molar-refractivity contribution is 7.09. The molecule has 2 aromatic heterocycles. The number of thiazole rings is 1. The number of hydrogen-bond donors (Lipinski definition) is 0. The van der Waals surface area contributed by atoms with Crippen molar-refractivity contribution in [2.45, 2.75) is 32.7 Å². The highest BCUT2D eigenvalue weighted by Gasteiger charge is 2.23. The van der Waals surface area contributed by atoms with Crippen LogP contribution in [0.5, 0.6) is 0 Å². The Morgan fingerprint density at radius 1 is 1.25 bits per heavy atom. The maximum atomic E-state index is 12.4. The number of rotatable bonds is 3. The fraction of sp³-hybridized carbons (Fsp3) is 0.500. The summed E-state index contributed by atoms with van der Waals surface area (Å²) in [4.78, 5) is 25.5. The van der Waals surface area contributed by atoms with Gasteiger partial charge in [0.25, 0.3) is 5.91 Å². The molecule has 1 aliphatic rings. The van der Waals surface area contributed by atoms with E-state index < -0.39 is 0 Å². The third kappa shape index (κ3) is 3.99. The fourth-order valence-corrected chi connectivity index (χ4v) is 3.63. The normalized spacial score (nSPS) is 16.4. The molecule has 1 aliphatic heterocycles. The highest BCUT2D eigenvalue weighted by atomic mass is 32.1. The van der Waals surface area contributed by atoms with Crippen LogP contribution >= 0.6 is 11.3 Å². The molecular formula is C18H24N4OS. The van der Waals surface area contributed by atoms with Crippen molar-refractivity contribution in [2.75, 3.05) is 26.2 Å². The minimum atomic E-state index is 0.0754. The molecule has 0 spiro atoms. The lowest BCUT2D eigenvalue weighted by Gasteiger charge is -2.34. The van der Waals surface area contributed by atoms with Crippen LogP contribution in [0.15, 0.2) is 29.9 Å². The van der Waals surface area contributed by atoms with Gasteiger partial charge in [0.15, 0.2) is 0 Å². The minimum absolute atomic E-state index is 0.0754. The third-order valence-electron chi connectivity index (χ3n) is 4.15. The molecule has 1 fully saturated rings. The Morgan fingerprint density at radius 3 is 2.58 bits per heavy atom. The predicted molar refractivity (Wildman–Crippen MR) is 96.2 cm³/mol. The van der Waals surface area contributed by atoms with Gasteiger partial charge >= 0.3 is 0 Å². The second-order valence-electron chi connectivity index (χ2n) is 7.20. The lowest BCUT2D eigenvalue weighted by molar-refractivity contribution is 0.0626. The Hall–Kier alpha value is -1.79. The maximum Gasteiger partial charge on any atom is 0.255 e. The second-order valence-corrected chi connectivity index (χ2v) is 8.06. The first kappa shape index (κ1) is 17.0. The number of amides is 1. The second kappa shape index (κ2) is 6.99. The van der Waals surface area contributed by atoms with Gasteiger partial charge in [0.2, 0.25) is 0 Å². The van der Waals surface area contributed by atoms with E-state index in [2.05, 4.69) is 36.0 Å². The lowest BCUT2D eigenvalue weighted by atomic mass is 9.98. The van der Waals surface area contributed by atoms with Crippen molar-refractivity contribution < 1.29 is 4.79 Å². The van der Waals surface area contributed by atoms with Crippen LogP contribution in [0, 0.1) is 0 Å². The molecule has 0 bridgehead atoms. The molecule has 0 atom stereocenters. The molecule has 0 aromatic carbocycles. The van der Waals surface area contributed by atoms with Gasteiger partial charge in [0, 0.05) is 55.9 Å². The van der Waals surface area contributed by atoms with Gasteiger partial charge in [-0.3, -0.25) is 14.7 Å². The average molecular weight is 344 g/mol. The smallest absolute Gasteiger partial charge is 0.255 e. The van der Waals surface area contributed by atoms with Gasteiger partial charge < -0.3 is 4.90 Å². The maximum absolute atomic E-state index is 12.4. The number of hydrogen-bond acceptors (Lipinski definition) is 5. The Morgan fingerprint density at radius 2 is 2.00 bits per heavy atom. The molecule has 0 saturated carbocycles. The van der Waals surface area contributed by atoms with E-state index in [9.17, 15) is 4.79 Å². The van der Waals surface area contributed by atoms with Crippen molar-refractivity contribution >= 4 is 17.2 Å². The lowest BCUT2D eigenvalue weighted by Crippen LogP contribution is -2.48. The molecule has 6 heteroatoms. The summed E-state index contributed by atoms with van der Waals surface area (Å²) in [5.41, 5.74) is 1.91. The van der Waals surface area contributed by atoms with E-state index in [0.717, 1.165) is 38.4 Å². The van der Waals surface area contributed by atoms with E-state index >= 15 is 0 Å². The summed E-state index contributed by atoms with van der Waals surface area (Å²) in [5, 5.41) is 3.34. The molecule has 3 heterocycles. The zero-order valence-corrected chi connectivity index (χ0v) is 15.3. The molecule has 2 aromatic rings. The summed E-state index contributed by atoms with van der Waals surface area (Å²) in [7, 11) is 0. The number of carbonyl (C=O) groups is 1. The van der Waals surface area contributed by atoms with E-state index in [1.54, 1.807) is 29.8 Å². The molecule has 3 rings (SSSR count). The Balaban J connectivity index is 1.54. The van der Waals surface area contributed by atoms with Crippen molar-refractivity contribution in [3.63, 3.8) is 0 Å². The van der Waals surface area contributed by atoms with Gasteiger partial charge in [-0.25, -0.2) is 4.98 Å². The van der Waals surface area contributed by atoms with Crippen LogP contribution in [0.4, 0.5) is 0 Å². The molecule has 1 amide bonds. The quantitative estimate of drug-likeness (QED) is 0.859. The zero-order valence-electron chi connectivity index (χ0n) is 14.5. The van der Waals surface area contributed by atoms with E-state index in [4.69, 9.17) is 4.98 Å². The summed E-state index contributed by atoms with van der Waals surface area (Å²) in [6.07, 6.45) is 3.33. The van der Waals surface area contributed by atoms with Crippen molar-refractivity contribution in [2.24, 2.45) is 0 Å². The van der Waals surface area contributed by atoms with Gasteiger partial charge in [0.1, 0.15) is 0 Å². The average Bonchev–Trinajstić information content (AvgIpc) is 3.05. The molecule has 0 N–H and O–H groups in total. The number of piperazine rings is 1. The van der Waals surface area contributed by atoms with Crippen LogP contribution in [0.3, 0.4) is 0 Å². The van der Waals surface area contributed by atoms with Crippen LogP contribution in [0.1, 0.15) is 41.8 Å². The number of pyridine rings is 1. The third-order valence-corrected chi connectivity index (χ3v) is 5.46. The van der Waals surface area contributed by atoms with Gasteiger partial charge in [-0.2, -0.15) is 0 Å². The molecule has 5 nitrogen and oxygen atoms in total. The van der Waals surface area contributed by atoms with Crippen molar-refractivity contribution in [3.05, 3.63) is 46.2 Å². The molecule has 0 unspecified atom stereocenters. The van der Waals surface area contributed by atoms with Crippen molar-refractivity contribution in [1.29, 1.82) is 0 Å². The molecular weight excluding hydrogens is 320 g/mol. The van der Waals surface area contributed by atoms with Gasteiger partial charge in [-0.1, -0.05) is 20.8 Å². The van der Waals surface area contributed by atoms with Crippen LogP contribution < -0.4 is 0 Å². The van der Waals surface area contributed by atoms with Crippen molar-refractivity contribution in [3.8, 4) is 0 Å².